The van der Waals surface area contributed by atoms with Gasteiger partial charge in [-0.25, -0.2) is 4.98 Å². The lowest BCUT2D eigenvalue weighted by molar-refractivity contribution is -0.384. The van der Waals surface area contributed by atoms with Crippen molar-refractivity contribution in [1.82, 2.24) is 4.98 Å². The summed E-state index contributed by atoms with van der Waals surface area (Å²) < 4.78 is 1.12. The van der Waals surface area contributed by atoms with Crippen molar-refractivity contribution in [3.05, 3.63) is 63.7 Å². The van der Waals surface area contributed by atoms with E-state index in [1.807, 2.05) is 24.3 Å². The molecule has 0 aliphatic carbocycles. The van der Waals surface area contributed by atoms with Crippen LogP contribution in [0.4, 0.5) is 11.4 Å². The van der Waals surface area contributed by atoms with Crippen LogP contribution < -0.4 is 0 Å². The summed E-state index contributed by atoms with van der Waals surface area (Å²) in [6.45, 7) is 0.399. The first-order chi connectivity index (χ1) is 10.2. The summed E-state index contributed by atoms with van der Waals surface area (Å²) in [4.78, 5) is 14.6. The Hall–Kier alpha value is -2.67. The fourth-order valence-corrected chi connectivity index (χ4v) is 2.69. The normalized spacial score (nSPS) is 11.2. The summed E-state index contributed by atoms with van der Waals surface area (Å²) in [7, 11) is 0. The minimum absolute atomic E-state index is 0.0418. The van der Waals surface area contributed by atoms with E-state index in [1.165, 1.54) is 12.1 Å². The molecular formula is C14H10N4O2S. The summed E-state index contributed by atoms with van der Waals surface area (Å²) in [5.41, 5.74) is 1.59. The monoisotopic (exact) mass is 298 g/mol. The second kappa shape index (κ2) is 5.76. The molecule has 0 radical (unpaired) electrons. The minimum Gasteiger partial charge on any atom is -0.258 e. The average molecular weight is 298 g/mol. The first-order valence-electron chi connectivity index (χ1n) is 6.19. The number of azo groups is 1. The van der Waals surface area contributed by atoms with E-state index < -0.39 is 4.92 Å². The molecule has 3 rings (SSSR count). The zero-order valence-corrected chi connectivity index (χ0v) is 11.7. The molecule has 1 aromatic heterocycles. The van der Waals surface area contributed by atoms with Gasteiger partial charge in [-0.2, -0.15) is 10.2 Å². The molecule has 7 heteroatoms. The molecule has 0 spiro atoms. The number of hydrogen-bond acceptors (Lipinski definition) is 6. The largest absolute Gasteiger partial charge is 0.269 e. The van der Waals surface area contributed by atoms with E-state index in [4.69, 9.17) is 0 Å². The van der Waals surface area contributed by atoms with E-state index in [0.29, 0.717) is 12.2 Å². The number of fused-ring (bicyclic) bond motifs is 1. The molecule has 1 heterocycles. The molecule has 0 unspecified atom stereocenters. The van der Waals surface area contributed by atoms with Crippen LogP contribution in [0.1, 0.15) is 5.01 Å². The Labute approximate surface area is 123 Å². The van der Waals surface area contributed by atoms with Crippen LogP contribution in [0.5, 0.6) is 0 Å². The van der Waals surface area contributed by atoms with Gasteiger partial charge in [-0.15, -0.1) is 11.3 Å². The first kappa shape index (κ1) is 13.3. The first-order valence-corrected chi connectivity index (χ1v) is 7.00. The molecule has 2 aromatic carbocycles. The molecule has 0 bridgehead atoms. The lowest BCUT2D eigenvalue weighted by Gasteiger charge is -1.92. The summed E-state index contributed by atoms with van der Waals surface area (Å²) in [5, 5.41) is 19.6. The molecule has 21 heavy (non-hydrogen) atoms. The third-order valence-corrected chi connectivity index (χ3v) is 3.81. The lowest BCUT2D eigenvalue weighted by Crippen LogP contribution is -1.85. The van der Waals surface area contributed by atoms with E-state index in [0.717, 1.165) is 15.2 Å². The van der Waals surface area contributed by atoms with Gasteiger partial charge in [-0.3, -0.25) is 10.1 Å². The van der Waals surface area contributed by atoms with Crippen LogP contribution in [-0.2, 0) is 6.54 Å². The highest BCUT2D eigenvalue weighted by atomic mass is 32.1. The van der Waals surface area contributed by atoms with Crippen molar-refractivity contribution in [2.45, 2.75) is 6.54 Å². The van der Waals surface area contributed by atoms with Gasteiger partial charge in [0.2, 0.25) is 0 Å². The number of nitrogens with zero attached hydrogens (tertiary/aromatic N) is 4. The smallest absolute Gasteiger partial charge is 0.258 e. The highest BCUT2D eigenvalue weighted by Gasteiger charge is 2.04. The fraction of sp³-hybridized carbons (Fsp3) is 0.0714. The van der Waals surface area contributed by atoms with Crippen molar-refractivity contribution in [1.29, 1.82) is 0 Å². The van der Waals surface area contributed by atoms with Crippen LogP contribution in [0, 0.1) is 10.1 Å². The number of rotatable bonds is 4. The molecule has 0 saturated heterocycles. The fourth-order valence-electron chi connectivity index (χ4n) is 1.81. The maximum absolute atomic E-state index is 10.5. The Kier molecular flexibility index (Phi) is 3.65. The molecular weight excluding hydrogens is 288 g/mol. The van der Waals surface area contributed by atoms with E-state index >= 15 is 0 Å². The molecule has 6 nitrogen and oxygen atoms in total. The predicted molar refractivity (Wildman–Crippen MR) is 80.9 cm³/mol. The minimum atomic E-state index is -0.442. The van der Waals surface area contributed by atoms with Crippen LogP contribution in [-0.4, -0.2) is 9.91 Å². The van der Waals surface area contributed by atoms with Crippen LogP contribution in [0.25, 0.3) is 10.2 Å². The number of nitro groups is 1. The second-order valence-corrected chi connectivity index (χ2v) is 5.36. The molecule has 0 fully saturated rings. The molecule has 0 aliphatic heterocycles. The van der Waals surface area contributed by atoms with Gasteiger partial charge < -0.3 is 0 Å². The van der Waals surface area contributed by atoms with Crippen molar-refractivity contribution < 1.29 is 4.92 Å². The van der Waals surface area contributed by atoms with Gasteiger partial charge in [-0.1, -0.05) is 12.1 Å². The zero-order valence-electron chi connectivity index (χ0n) is 10.8. The zero-order chi connectivity index (χ0) is 14.7. The molecule has 0 atom stereocenters. The van der Waals surface area contributed by atoms with Crippen molar-refractivity contribution >= 4 is 32.9 Å². The Bertz CT molecular complexity index is 778. The topological polar surface area (TPSA) is 80.8 Å². The number of hydrogen-bond donors (Lipinski definition) is 0. The van der Waals surface area contributed by atoms with E-state index in [9.17, 15) is 10.1 Å². The number of aromatic nitrogens is 1. The van der Waals surface area contributed by atoms with Gasteiger partial charge in [-0.05, 0) is 24.3 Å². The number of benzene rings is 2. The van der Waals surface area contributed by atoms with Gasteiger partial charge >= 0.3 is 0 Å². The van der Waals surface area contributed by atoms with Gasteiger partial charge in [0.1, 0.15) is 11.6 Å². The molecule has 104 valence electrons. The molecule has 0 saturated carbocycles. The number of non-ortho nitro benzene ring substituents is 1. The lowest BCUT2D eigenvalue weighted by atomic mass is 10.3. The third-order valence-electron chi connectivity index (χ3n) is 2.79. The quantitative estimate of drug-likeness (QED) is 0.404. The highest BCUT2D eigenvalue weighted by molar-refractivity contribution is 7.18. The van der Waals surface area contributed by atoms with Crippen molar-refractivity contribution in [3.63, 3.8) is 0 Å². The highest BCUT2D eigenvalue weighted by Crippen LogP contribution is 2.23. The summed E-state index contributed by atoms with van der Waals surface area (Å²) in [6.07, 6.45) is 0. The Balaban J connectivity index is 1.70. The predicted octanol–water partition coefficient (Wildman–Crippen LogP) is 4.49. The molecule has 3 aromatic rings. The average Bonchev–Trinajstić information content (AvgIpc) is 2.90. The molecule has 0 N–H and O–H groups in total. The summed E-state index contributed by atoms with van der Waals surface area (Å²) in [6, 6.07) is 13.9. The Morgan fingerprint density at radius 2 is 1.90 bits per heavy atom. The standard InChI is InChI=1S/C14H10N4O2S/c19-18(20)11-7-5-10(6-8-11)17-15-9-14-16-12-3-1-2-4-13(12)21-14/h1-8H,9H2. The van der Waals surface area contributed by atoms with Crippen molar-refractivity contribution in [2.75, 3.05) is 0 Å². The van der Waals surface area contributed by atoms with Crippen LogP contribution in [0.3, 0.4) is 0 Å². The van der Waals surface area contributed by atoms with Crippen molar-refractivity contribution in [2.24, 2.45) is 10.2 Å². The van der Waals surface area contributed by atoms with E-state index in [2.05, 4.69) is 15.2 Å². The van der Waals surface area contributed by atoms with Crippen LogP contribution >= 0.6 is 11.3 Å². The van der Waals surface area contributed by atoms with Crippen LogP contribution in [0.15, 0.2) is 58.8 Å². The van der Waals surface area contributed by atoms with Gasteiger partial charge in [0.05, 0.1) is 20.8 Å². The SMILES string of the molecule is O=[N+]([O-])c1ccc(N=NCc2nc3ccccc3s2)cc1. The Morgan fingerprint density at radius 3 is 2.62 bits per heavy atom. The maximum Gasteiger partial charge on any atom is 0.269 e. The molecule has 0 amide bonds. The van der Waals surface area contributed by atoms with Gasteiger partial charge in [0.15, 0.2) is 0 Å². The Morgan fingerprint density at radius 1 is 1.14 bits per heavy atom. The van der Waals surface area contributed by atoms with E-state index in [-0.39, 0.29) is 5.69 Å². The summed E-state index contributed by atoms with van der Waals surface area (Å²) >= 11 is 1.58. The van der Waals surface area contributed by atoms with Crippen molar-refractivity contribution in [3.8, 4) is 0 Å². The van der Waals surface area contributed by atoms with Gasteiger partial charge in [0.25, 0.3) is 5.69 Å². The van der Waals surface area contributed by atoms with Crippen LogP contribution in [0.2, 0.25) is 0 Å². The van der Waals surface area contributed by atoms with Gasteiger partial charge in [0, 0.05) is 12.1 Å². The maximum atomic E-state index is 10.5. The number of para-hydroxylation sites is 1. The second-order valence-electron chi connectivity index (χ2n) is 4.25. The number of thiazole rings is 1. The molecule has 0 aliphatic rings. The number of nitro benzene ring substituents is 1. The summed E-state index contributed by atoms with van der Waals surface area (Å²) in [5.74, 6) is 0. The third kappa shape index (κ3) is 3.09. The van der Waals surface area contributed by atoms with E-state index in [1.54, 1.807) is 23.5 Å².